The van der Waals surface area contributed by atoms with E-state index in [1.165, 1.54) is 35.2 Å². The van der Waals surface area contributed by atoms with E-state index in [-0.39, 0.29) is 41.4 Å². The third-order valence-electron chi connectivity index (χ3n) is 7.18. The van der Waals surface area contributed by atoms with Crippen LogP contribution in [0.1, 0.15) is 32.8 Å². The van der Waals surface area contributed by atoms with Crippen LogP contribution in [0, 0.1) is 5.82 Å². The molecule has 0 bridgehead atoms. The maximum Gasteiger partial charge on any atom is 0.264 e. The number of nitrogens with one attached hydrogen (secondary N) is 1. The van der Waals surface area contributed by atoms with Gasteiger partial charge in [-0.05, 0) is 74.4 Å². The number of carbonyl (C=O) groups is 2. The Balaban J connectivity index is 1.71. The van der Waals surface area contributed by atoms with Crippen LogP contribution >= 0.6 is 0 Å². The first kappa shape index (κ1) is 31.6. The highest BCUT2D eigenvalue weighted by atomic mass is 32.2. The number of benzene rings is 3. The second kappa shape index (κ2) is 13.8. The van der Waals surface area contributed by atoms with Crippen LogP contribution in [0.4, 0.5) is 10.1 Å². The number of hydrogen-bond donors (Lipinski definition) is 1. The van der Waals surface area contributed by atoms with Crippen molar-refractivity contribution in [1.82, 2.24) is 10.2 Å². The quantitative estimate of drug-likeness (QED) is 0.327. The molecule has 1 heterocycles. The average molecular weight is 614 g/mol. The summed E-state index contributed by atoms with van der Waals surface area (Å²) >= 11 is 0. The minimum atomic E-state index is -4.37. The molecule has 0 spiro atoms. The summed E-state index contributed by atoms with van der Waals surface area (Å²) in [6, 6.07) is 14.9. The predicted octanol–water partition coefficient (Wildman–Crippen LogP) is 4.13. The van der Waals surface area contributed by atoms with Crippen LogP contribution in [0.5, 0.6) is 17.2 Å². The Morgan fingerprint density at radius 1 is 0.977 bits per heavy atom. The summed E-state index contributed by atoms with van der Waals surface area (Å²) in [7, 11) is -2.83. The minimum Gasteiger partial charge on any atom is -0.497 e. The Hall–Kier alpha value is -4.32. The molecule has 0 radical (unpaired) electrons. The zero-order chi connectivity index (χ0) is 31.1. The molecule has 0 aliphatic carbocycles. The summed E-state index contributed by atoms with van der Waals surface area (Å²) in [4.78, 5) is 28.4. The standard InChI is InChI=1S/C31H36FN3O7S/c1-5-21(2)33-31(37)22(3)34(19-23-6-12-26(40-4)13-7-23)30(36)20-35(25-10-8-24(32)9-11-25)43(38,39)27-14-15-28-29(18-27)42-17-16-41-28/h6-15,18,21-22H,5,16-17,19-20H2,1-4H3,(H,33,37). The van der Waals surface area contributed by atoms with E-state index >= 15 is 0 Å². The highest BCUT2D eigenvalue weighted by Gasteiger charge is 2.33. The van der Waals surface area contributed by atoms with Gasteiger partial charge in [0, 0.05) is 18.7 Å². The number of nitrogens with zero attached hydrogens (tertiary/aromatic N) is 2. The van der Waals surface area contributed by atoms with Gasteiger partial charge in [-0.15, -0.1) is 0 Å². The van der Waals surface area contributed by atoms with Gasteiger partial charge in [-0.2, -0.15) is 0 Å². The number of rotatable bonds is 12. The van der Waals surface area contributed by atoms with Crippen LogP contribution in [0.15, 0.2) is 71.6 Å². The molecule has 2 unspecified atom stereocenters. The van der Waals surface area contributed by atoms with Gasteiger partial charge in [-0.25, -0.2) is 12.8 Å². The number of anilines is 1. The van der Waals surface area contributed by atoms with E-state index in [2.05, 4.69) is 5.32 Å². The molecule has 0 fully saturated rings. The van der Waals surface area contributed by atoms with Crippen LogP contribution in [0.3, 0.4) is 0 Å². The maximum absolute atomic E-state index is 14.1. The number of carbonyl (C=O) groups excluding carboxylic acids is 2. The van der Waals surface area contributed by atoms with Crippen LogP contribution in [-0.4, -0.2) is 64.1 Å². The van der Waals surface area contributed by atoms with Gasteiger partial charge in [0.05, 0.1) is 17.7 Å². The molecule has 12 heteroatoms. The number of sulfonamides is 1. The highest BCUT2D eigenvalue weighted by molar-refractivity contribution is 7.92. The Morgan fingerprint density at radius 2 is 1.63 bits per heavy atom. The Kier molecular flexibility index (Phi) is 10.1. The molecule has 0 saturated carbocycles. The molecule has 1 aliphatic heterocycles. The maximum atomic E-state index is 14.1. The van der Waals surface area contributed by atoms with Crippen LogP contribution in [0.25, 0.3) is 0 Å². The van der Waals surface area contributed by atoms with Gasteiger partial charge in [0.25, 0.3) is 10.0 Å². The third kappa shape index (κ3) is 7.56. The molecular formula is C31H36FN3O7S. The molecule has 0 saturated heterocycles. The van der Waals surface area contributed by atoms with E-state index < -0.39 is 34.3 Å². The lowest BCUT2D eigenvalue weighted by molar-refractivity contribution is -0.139. The molecule has 230 valence electrons. The summed E-state index contributed by atoms with van der Waals surface area (Å²) < 4.78 is 59.2. The normalized spacial score (nSPS) is 13.9. The third-order valence-corrected chi connectivity index (χ3v) is 8.95. The topological polar surface area (TPSA) is 114 Å². The van der Waals surface area contributed by atoms with Gasteiger partial charge in [0.15, 0.2) is 11.5 Å². The molecule has 3 aromatic rings. The van der Waals surface area contributed by atoms with Gasteiger partial charge >= 0.3 is 0 Å². The molecule has 2 atom stereocenters. The van der Waals surface area contributed by atoms with E-state index in [4.69, 9.17) is 14.2 Å². The first-order valence-electron chi connectivity index (χ1n) is 13.9. The number of ether oxygens (including phenoxy) is 3. The molecule has 1 aliphatic rings. The number of methoxy groups -OCH3 is 1. The summed E-state index contributed by atoms with van der Waals surface area (Å²) in [6.07, 6.45) is 0.691. The van der Waals surface area contributed by atoms with E-state index in [0.717, 1.165) is 16.4 Å². The first-order valence-corrected chi connectivity index (χ1v) is 15.4. The predicted molar refractivity (Wildman–Crippen MR) is 159 cm³/mol. The highest BCUT2D eigenvalue weighted by Crippen LogP contribution is 2.34. The number of amides is 2. The fourth-order valence-electron chi connectivity index (χ4n) is 4.42. The van der Waals surface area contributed by atoms with Gasteiger partial charge in [0.2, 0.25) is 11.8 Å². The monoisotopic (exact) mass is 613 g/mol. The minimum absolute atomic E-state index is 0.0270. The molecule has 4 rings (SSSR count). The van der Waals surface area contributed by atoms with E-state index in [9.17, 15) is 22.4 Å². The summed E-state index contributed by atoms with van der Waals surface area (Å²) in [6.45, 7) is 5.35. The number of halogens is 1. The van der Waals surface area contributed by atoms with E-state index in [1.54, 1.807) is 38.3 Å². The van der Waals surface area contributed by atoms with Crippen molar-refractivity contribution in [3.63, 3.8) is 0 Å². The fraction of sp³-hybridized carbons (Fsp3) is 0.355. The van der Waals surface area contributed by atoms with Crippen molar-refractivity contribution in [3.05, 3.63) is 78.1 Å². The summed E-state index contributed by atoms with van der Waals surface area (Å²) in [5, 5.41) is 2.89. The van der Waals surface area contributed by atoms with Crippen molar-refractivity contribution < 1.29 is 36.6 Å². The molecule has 10 nitrogen and oxygen atoms in total. The van der Waals surface area contributed by atoms with Crippen molar-refractivity contribution >= 4 is 27.5 Å². The largest absolute Gasteiger partial charge is 0.497 e. The second-order valence-corrected chi connectivity index (χ2v) is 12.0. The van der Waals surface area contributed by atoms with Gasteiger partial charge in [-0.1, -0.05) is 19.1 Å². The lowest BCUT2D eigenvalue weighted by Gasteiger charge is -2.32. The lowest BCUT2D eigenvalue weighted by Crippen LogP contribution is -2.52. The Morgan fingerprint density at radius 3 is 2.26 bits per heavy atom. The molecule has 0 aromatic heterocycles. The van der Waals surface area contributed by atoms with Crippen molar-refractivity contribution in [2.75, 3.05) is 31.2 Å². The zero-order valence-electron chi connectivity index (χ0n) is 24.6. The van der Waals surface area contributed by atoms with Gasteiger partial charge in [-0.3, -0.25) is 13.9 Å². The van der Waals surface area contributed by atoms with E-state index in [1.807, 2.05) is 13.8 Å². The molecule has 3 aromatic carbocycles. The SMILES string of the molecule is CCC(C)NC(=O)C(C)N(Cc1ccc(OC)cc1)C(=O)CN(c1ccc(F)cc1)S(=O)(=O)c1ccc2c(c1)OCCO2. The molecule has 43 heavy (non-hydrogen) atoms. The fourth-order valence-corrected chi connectivity index (χ4v) is 5.85. The molecule has 1 N–H and O–H groups in total. The Bertz CT molecular complexity index is 1530. The summed E-state index contributed by atoms with van der Waals surface area (Å²) in [5.74, 6) is -0.289. The summed E-state index contributed by atoms with van der Waals surface area (Å²) in [5.41, 5.74) is 0.783. The van der Waals surface area contributed by atoms with E-state index in [0.29, 0.717) is 30.1 Å². The second-order valence-electron chi connectivity index (χ2n) is 10.2. The lowest BCUT2D eigenvalue weighted by atomic mass is 10.1. The first-order chi connectivity index (χ1) is 20.5. The molecular weight excluding hydrogens is 577 g/mol. The van der Waals surface area contributed by atoms with Gasteiger partial charge in [0.1, 0.15) is 37.4 Å². The Labute approximate surface area is 251 Å². The van der Waals surface area contributed by atoms with Crippen molar-refractivity contribution in [2.24, 2.45) is 0 Å². The van der Waals surface area contributed by atoms with Crippen LogP contribution < -0.4 is 23.8 Å². The zero-order valence-corrected chi connectivity index (χ0v) is 25.4. The number of hydrogen-bond acceptors (Lipinski definition) is 7. The van der Waals surface area contributed by atoms with Crippen molar-refractivity contribution in [3.8, 4) is 17.2 Å². The molecule has 2 amide bonds. The van der Waals surface area contributed by atoms with Gasteiger partial charge < -0.3 is 24.4 Å². The smallest absolute Gasteiger partial charge is 0.264 e. The van der Waals surface area contributed by atoms with Crippen LogP contribution in [-0.2, 0) is 26.2 Å². The average Bonchev–Trinajstić information content (AvgIpc) is 3.02. The van der Waals surface area contributed by atoms with Crippen molar-refractivity contribution in [1.29, 1.82) is 0 Å². The van der Waals surface area contributed by atoms with Crippen LogP contribution in [0.2, 0.25) is 0 Å². The van der Waals surface area contributed by atoms with Crippen molar-refractivity contribution in [2.45, 2.75) is 50.7 Å². The number of fused-ring (bicyclic) bond motifs is 1.